The average molecular weight is 946 g/mol. The molecular formula is C67H68BNOS. The van der Waals surface area contributed by atoms with E-state index in [4.69, 9.17) is 4.42 Å². The molecule has 2 nitrogen and oxygen atoms in total. The van der Waals surface area contributed by atoms with Crippen LogP contribution in [0.25, 0.3) is 64.4 Å². The molecule has 4 heteroatoms. The molecule has 3 aliphatic carbocycles. The van der Waals surface area contributed by atoms with Crippen LogP contribution in [0.4, 0.5) is 17.1 Å². The quantitative estimate of drug-likeness (QED) is 0.161. The number of anilines is 3. The summed E-state index contributed by atoms with van der Waals surface area (Å²) in [6.45, 7) is 29.7. The molecule has 0 amide bonds. The number of hydrogen-bond donors (Lipinski definition) is 0. The van der Waals surface area contributed by atoms with Crippen molar-refractivity contribution in [3.05, 3.63) is 149 Å². The van der Waals surface area contributed by atoms with Gasteiger partial charge >= 0.3 is 0 Å². The van der Waals surface area contributed by atoms with Gasteiger partial charge in [0.05, 0.1) is 16.1 Å². The van der Waals surface area contributed by atoms with Crippen LogP contribution in [-0.4, -0.2) is 6.71 Å². The zero-order valence-corrected chi connectivity index (χ0v) is 44.9. The Bertz CT molecular complexity index is 3790. The number of nitrogens with zero attached hydrogens (tertiary/aromatic N) is 1. The number of rotatable bonds is 2. The number of furan rings is 1. The van der Waals surface area contributed by atoms with Crippen molar-refractivity contribution in [1.29, 1.82) is 0 Å². The first kappa shape index (κ1) is 44.2. The molecule has 0 spiro atoms. The van der Waals surface area contributed by atoms with Crippen LogP contribution in [0.1, 0.15) is 161 Å². The number of hydrogen-bond acceptors (Lipinski definition) is 3. The van der Waals surface area contributed by atoms with E-state index in [1.54, 1.807) is 11.1 Å². The van der Waals surface area contributed by atoms with E-state index in [1.165, 1.54) is 142 Å². The lowest BCUT2D eigenvalue weighted by molar-refractivity contribution is 0.103. The van der Waals surface area contributed by atoms with E-state index in [1.807, 2.05) is 11.3 Å². The molecule has 71 heavy (non-hydrogen) atoms. The van der Waals surface area contributed by atoms with Crippen LogP contribution in [0.15, 0.2) is 120 Å². The van der Waals surface area contributed by atoms with Gasteiger partial charge in [-0.25, -0.2) is 0 Å². The summed E-state index contributed by atoms with van der Waals surface area (Å²) in [4.78, 5) is 2.78. The number of benzene rings is 7. The molecule has 14 rings (SSSR count). The minimum atomic E-state index is -0.0300. The predicted octanol–water partition coefficient (Wildman–Crippen LogP) is 18.1. The maximum Gasteiger partial charge on any atom is 0.223 e. The first-order chi connectivity index (χ1) is 33.7. The Labute approximate surface area is 425 Å². The average Bonchev–Trinajstić information content (AvgIpc) is 3.95. The monoisotopic (exact) mass is 946 g/mol. The van der Waals surface area contributed by atoms with Crippen molar-refractivity contribution in [3.8, 4) is 22.3 Å². The number of thiophene rings is 1. The minimum Gasteiger partial charge on any atom is -0.456 e. The lowest BCUT2D eigenvalue weighted by atomic mass is 9.25. The summed E-state index contributed by atoms with van der Waals surface area (Å²) in [7, 11) is 0. The Morgan fingerprint density at radius 1 is 0.563 bits per heavy atom. The second-order valence-electron chi connectivity index (χ2n) is 26.7. The zero-order chi connectivity index (χ0) is 49.1. The van der Waals surface area contributed by atoms with Crippen LogP contribution in [0.2, 0.25) is 0 Å². The largest absolute Gasteiger partial charge is 0.456 e. The van der Waals surface area contributed by atoms with Gasteiger partial charge in [0, 0.05) is 37.5 Å². The van der Waals surface area contributed by atoms with E-state index in [2.05, 4.69) is 203 Å². The van der Waals surface area contributed by atoms with E-state index < -0.39 is 0 Å². The SMILES string of the molecule is CC(C)(C)c1ccc(N2c3cc4c(cc3B3c5c(cc6c(sc7ccccc76)c52)-c2cc(C(C)(C)C)cc5c2C3C2(C)CCCCC52C)oc2cc3c(cc24)C(C)(C)CCC3(C)C)c(-c2ccccc2)c1. The van der Waals surface area contributed by atoms with E-state index >= 15 is 0 Å². The third-order valence-electron chi connectivity index (χ3n) is 19.7. The molecule has 7 aromatic carbocycles. The van der Waals surface area contributed by atoms with Crippen molar-refractivity contribution >= 4 is 88.1 Å². The molecule has 0 N–H and O–H groups in total. The molecule has 9 aromatic rings. The van der Waals surface area contributed by atoms with Crippen LogP contribution in [-0.2, 0) is 27.1 Å². The molecule has 1 fully saturated rings. The number of fused-ring (bicyclic) bond motifs is 15. The van der Waals surface area contributed by atoms with Crippen LogP contribution >= 0.6 is 11.3 Å². The fraction of sp³-hybridized carbons (Fsp3) is 0.373. The van der Waals surface area contributed by atoms with Crippen molar-refractivity contribution < 1.29 is 4.42 Å². The summed E-state index contributed by atoms with van der Waals surface area (Å²) in [5, 5.41) is 5.18. The van der Waals surface area contributed by atoms with Gasteiger partial charge in [-0.2, -0.15) is 0 Å². The van der Waals surface area contributed by atoms with Gasteiger partial charge in [-0.3, -0.25) is 0 Å². The van der Waals surface area contributed by atoms with Gasteiger partial charge in [0.25, 0.3) is 0 Å². The lowest BCUT2D eigenvalue weighted by Crippen LogP contribution is -2.60. The minimum absolute atomic E-state index is 0.00427. The topological polar surface area (TPSA) is 16.4 Å². The molecule has 4 heterocycles. The summed E-state index contributed by atoms with van der Waals surface area (Å²) in [5.41, 5.74) is 23.5. The highest BCUT2D eigenvalue weighted by Gasteiger charge is 2.64. The van der Waals surface area contributed by atoms with Gasteiger partial charge in [0.15, 0.2) is 0 Å². The highest BCUT2D eigenvalue weighted by Crippen LogP contribution is 2.70. The lowest BCUT2D eigenvalue weighted by Gasteiger charge is -2.52. The van der Waals surface area contributed by atoms with Crippen LogP contribution in [0.3, 0.4) is 0 Å². The van der Waals surface area contributed by atoms with Crippen molar-refractivity contribution in [2.75, 3.05) is 4.90 Å². The second kappa shape index (κ2) is 14.1. The fourth-order valence-corrected chi connectivity index (χ4v) is 16.5. The standard InChI is InChI=1S/C67H68BNOS/c1-62(2,3)39-24-25-52(42(30-39)38-20-14-13-15-21-38)69-53-35-44-43-34-48-49(65(9,10)29-28-64(48,7)8)36-54(43)70-55(44)37-51(53)68-58-46(33-47-41-22-16-17-23-56(41)71-60(47)59(58)69)45-31-40(63(4,5)6)32-50-57(45)61(68)67(12)27-19-18-26-66(50,67)11/h13-17,20-25,30-37,61H,18-19,26-29H2,1-12H3. The summed E-state index contributed by atoms with van der Waals surface area (Å²) >= 11 is 2.00. The molecule has 0 bridgehead atoms. The van der Waals surface area contributed by atoms with Gasteiger partial charge in [-0.1, -0.05) is 163 Å². The van der Waals surface area contributed by atoms with Gasteiger partial charge in [0.1, 0.15) is 11.2 Å². The molecule has 0 radical (unpaired) electrons. The van der Waals surface area contributed by atoms with E-state index in [-0.39, 0.29) is 39.2 Å². The van der Waals surface area contributed by atoms with Crippen molar-refractivity contribution in [3.63, 3.8) is 0 Å². The Hall–Kier alpha value is -5.58. The third kappa shape index (κ3) is 5.84. The Morgan fingerprint density at radius 2 is 1.23 bits per heavy atom. The molecule has 1 saturated carbocycles. The van der Waals surface area contributed by atoms with Crippen LogP contribution in [0, 0.1) is 5.41 Å². The Morgan fingerprint density at radius 3 is 1.97 bits per heavy atom. The highest BCUT2D eigenvalue weighted by atomic mass is 32.1. The fourth-order valence-electron chi connectivity index (χ4n) is 15.3. The van der Waals surface area contributed by atoms with Crippen LogP contribution in [0.5, 0.6) is 0 Å². The van der Waals surface area contributed by atoms with E-state index in [9.17, 15) is 0 Å². The summed E-state index contributed by atoms with van der Waals surface area (Å²) in [6, 6.07) is 46.0. The Balaban J connectivity index is 1.18. The third-order valence-corrected chi connectivity index (χ3v) is 20.9. The smallest absolute Gasteiger partial charge is 0.223 e. The van der Waals surface area contributed by atoms with Gasteiger partial charge in [-0.15, -0.1) is 11.3 Å². The molecule has 356 valence electrons. The van der Waals surface area contributed by atoms with Gasteiger partial charge in [-0.05, 0) is 174 Å². The molecule has 0 saturated heterocycles. The molecule has 5 aliphatic rings. The second-order valence-corrected chi connectivity index (χ2v) is 27.7. The summed E-state index contributed by atoms with van der Waals surface area (Å²) < 4.78 is 10.0. The van der Waals surface area contributed by atoms with Crippen molar-refractivity contribution in [2.45, 2.75) is 155 Å². The normalized spacial score (nSPS) is 22.7. The van der Waals surface area contributed by atoms with Crippen molar-refractivity contribution in [2.24, 2.45) is 5.41 Å². The zero-order valence-electron chi connectivity index (χ0n) is 44.1. The molecule has 3 unspecified atom stereocenters. The van der Waals surface area contributed by atoms with Crippen molar-refractivity contribution in [1.82, 2.24) is 0 Å². The molecular weight excluding hydrogens is 878 g/mol. The van der Waals surface area contributed by atoms with Gasteiger partial charge in [0.2, 0.25) is 6.71 Å². The molecule has 3 atom stereocenters. The summed E-state index contributed by atoms with van der Waals surface area (Å²) in [6.07, 6.45) is 7.37. The maximum absolute atomic E-state index is 7.31. The molecule has 2 aromatic heterocycles. The van der Waals surface area contributed by atoms with Crippen LogP contribution < -0.4 is 15.8 Å². The predicted molar refractivity (Wildman–Crippen MR) is 307 cm³/mol. The Kier molecular flexibility index (Phi) is 8.79. The summed E-state index contributed by atoms with van der Waals surface area (Å²) in [5.74, 6) is 0.304. The first-order valence-electron chi connectivity index (χ1n) is 26.9. The maximum atomic E-state index is 7.31. The highest BCUT2D eigenvalue weighted by molar-refractivity contribution is 7.26. The molecule has 2 aliphatic heterocycles. The first-order valence-corrected chi connectivity index (χ1v) is 27.7. The van der Waals surface area contributed by atoms with E-state index in [0.29, 0.717) is 5.82 Å². The van der Waals surface area contributed by atoms with Gasteiger partial charge < -0.3 is 9.32 Å². The van der Waals surface area contributed by atoms with E-state index in [0.717, 1.165) is 11.2 Å².